The lowest BCUT2D eigenvalue weighted by atomic mass is 9.85. The number of nitrogens with zero attached hydrogens (tertiary/aromatic N) is 3. The first kappa shape index (κ1) is 15.4. The number of nitrogens with one attached hydrogen (secondary N) is 1. The highest BCUT2D eigenvalue weighted by Gasteiger charge is 2.27. The van der Waals surface area contributed by atoms with Gasteiger partial charge in [-0.15, -0.1) is 12.4 Å². The second kappa shape index (κ2) is 6.17. The van der Waals surface area contributed by atoms with E-state index in [1.54, 1.807) is 6.20 Å². The highest BCUT2D eigenvalue weighted by atomic mass is 35.5. The zero-order chi connectivity index (χ0) is 14.1. The molecule has 3 rings (SSSR count). The molecule has 2 heterocycles. The molecule has 0 saturated heterocycles. The Hall–Kier alpha value is -2.03. The largest absolute Gasteiger partial charge is 0.384 e. The van der Waals surface area contributed by atoms with Crippen LogP contribution in [0.25, 0.3) is 0 Å². The Kier molecular flexibility index (Phi) is 4.51. The monoisotopic (exact) mass is 303 g/mol. The minimum atomic E-state index is -0.0881. The maximum Gasteiger partial charge on any atom is 0.0995 e. The van der Waals surface area contributed by atoms with Crippen LogP contribution in [0.2, 0.25) is 0 Å². The molecule has 0 bridgehead atoms. The Morgan fingerprint density at radius 1 is 1.48 bits per heavy atom. The number of hydrogen-bond acceptors (Lipinski definition) is 4. The summed E-state index contributed by atoms with van der Waals surface area (Å²) in [5.41, 5.74) is 10.3. The number of halogens is 1. The molecule has 5 nitrogen and oxygen atoms in total. The molecule has 0 radical (unpaired) electrons. The lowest BCUT2D eigenvalue weighted by molar-refractivity contribution is 0.419. The van der Waals surface area contributed by atoms with Crippen LogP contribution in [0.3, 0.4) is 0 Å². The first-order valence-corrected chi connectivity index (χ1v) is 6.70. The van der Waals surface area contributed by atoms with E-state index in [9.17, 15) is 5.26 Å². The zero-order valence-corrected chi connectivity index (χ0v) is 12.6. The Bertz CT molecular complexity index is 673. The van der Waals surface area contributed by atoms with Crippen molar-refractivity contribution in [1.29, 1.82) is 5.26 Å². The molecule has 0 amide bonds. The summed E-state index contributed by atoms with van der Waals surface area (Å²) in [6.07, 6.45) is 2.58. The van der Waals surface area contributed by atoms with Gasteiger partial charge in [0.1, 0.15) is 0 Å². The number of aromatic nitrogens is 2. The molecule has 110 valence electrons. The van der Waals surface area contributed by atoms with Crippen LogP contribution in [0, 0.1) is 17.2 Å². The van der Waals surface area contributed by atoms with Crippen LogP contribution < -0.4 is 11.1 Å². The maximum atomic E-state index is 9.22. The molecular formula is C15H18ClN5. The standard InChI is InChI=1S/C15H17N5.ClH/c1-20-14(5-6-19-20)15(17)11-7-12-10(8-16)3-2-4-13(12)18-9-11;/h2-6,11,15,18H,7,9,17H2,1H3;1H/t11-,15+;/m1./s1. The summed E-state index contributed by atoms with van der Waals surface area (Å²) in [5.74, 6) is 0.257. The summed E-state index contributed by atoms with van der Waals surface area (Å²) in [7, 11) is 1.90. The van der Waals surface area contributed by atoms with E-state index in [4.69, 9.17) is 5.73 Å². The van der Waals surface area contributed by atoms with Crippen molar-refractivity contribution in [2.45, 2.75) is 12.5 Å². The van der Waals surface area contributed by atoms with Gasteiger partial charge >= 0.3 is 0 Å². The van der Waals surface area contributed by atoms with Gasteiger partial charge in [-0.25, -0.2) is 0 Å². The third-order valence-electron chi connectivity index (χ3n) is 4.03. The normalized spacial score (nSPS) is 17.9. The van der Waals surface area contributed by atoms with Gasteiger partial charge in [0.05, 0.1) is 23.4 Å². The van der Waals surface area contributed by atoms with Crippen LogP contribution in [0.5, 0.6) is 0 Å². The molecule has 0 unspecified atom stereocenters. The zero-order valence-electron chi connectivity index (χ0n) is 11.8. The minimum Gasteiger partial charge on any atom is -0.384 e. The highest BCUT2D eigenvalue weighted by Crippen LogP contribution is 2.32. The molecule has 1 aliphatic rings. The molecule has 1 aliphatic heterocycles. The van der Waals surface area contributed by atoms with Crippen molar-refractivity contribution in [1.82, 2.24) is 9.78 Å². The SMILES string of the molecule is Cl.Cn1nccc1[C@@H](N)[C@H]1CNc2cccc(C#N)c2C1. The van der Waals surface area contributed by atoms with Gasteiger partial charge < -0.3 is 11.1 Å². The maximum absolute atomic E-state index is 9.22. The summed E-state index contributed by atoms with van der Waals surface area (Å²) in [6, 6.07) is 9.91. The Morgan fingerprint density at radius 3 is 2.95 bits per heavy atom. The van der Waals surface area contributed by atoms with E-state index < -0.39 is 0 Å². The fourth-order valence-corrected chi connectivity index (χ4v) is 2.86. The minimum absolute atomic E-state index is 0. The van der Waals surface area contributed by atoms with Gasteiger partial charge in [-0.3, -0.25) is 4.68 Å². The van der Waals surface area contributed by atoms with E-state index in [0.29, 0.717) is 0 Å². The van der Waals surface area contributed by atoms with Crippen LogP contribution >= 0.6 is 12.4 Å². The molecule has 1 aromatic carbocycles. The lowest BCUT2D eigenvalue weighted by Crippen LogP contribution is -2.34. The summed E-state index contributed by atoms with van der Waals surface area (Å²) in [5, 5.41) is 16.8. The lowest BCUT2D eigenvalue weighted by Gasteiger charge is -2.30. The second-order valence-electron chi connectivity index (χ2n) is 5.19. The number of benzene rings is 1. The van der Waals surface area contributed by atoms with Gasteiger partial charge in [0, 0.05) is 31.4 Å². The molecule has 3 N–H and O–H groups in total. The topological polar surface area (TPSA) is 79.7 Å². The molecule has 6 heteroatoms. The number of hydrogen-bond donors (Lipinski definition) is 2. The summed E-state index contributed by atoms with van der Waals surface area (Å²) in [6.45, 7) is 0.814. The number of rotatable bonds is 2. The summed E-state index contributed by atoms with van der Waals surface area (Å²) in [4.78, 5) is 0. The van der Waals surface area contributed by atoms with Gasteiger partial charge in [0.2, 0.25) is 0 Å². The summed E-state index contributed by atoms with van der Waals surface area (Å²) >= 11 is 0. The van der Waals surface area contributed by atoms with E-state index in [-0.39, 0.29) is 24.4 Å². The fourth-order valence-electron chi connectivity index (χ4n) is 2.86. The van der Waals surface area contributed by atoms with Crippen molar-refractivity contribution >= 4 is 18.1 Å². The van der Waals surface area contributed by atoms with Crippen LogP contribution in [0.4, 0.5) is 5.69 Å². The molecule has 0 fully saturated rings. The first-order valence-electron chi connectivity index (χ1n) is 6.70. The van der Waals surface area contributed by atoms with Crippen LogP contribution in [-0.2, 0) is 13.5 Å². The molecule has 0 saturated carbocycles. The van der Waals surface area contributed by atoms with Crippen molar-refractivity contribution in [3.05, 3.63) is 47.3 Å². The third kappa shape index (κ3) is 2.73. The molecule has 2 aromatic rings. The average Bonchev–Trinajstić information content (AvgIpc) is 2.91. The van der Waals surface area contributed by atoms with Crippen molar-refractivity contribution in [2.75, 3.05) is 11.9 Å². The smallest absolute Gasteiger partial charge is 0.0995 e. The first-order chi connectivity index (χ1) is 9.70. The van der Waals surface area contributed by atoms with E-state index in [1.165, 1.54) is 0 Å². The van der Waals surface area contributed by atoms with Crippen LogP contribution in [0.1, 0.15) is 22.9 Å². The highest BCUT2D eigenvalue weighted by molar-refractivity contribution is 5.85. The quantitative estimate of drug-likeness (QED) is 0.889. The van der Waals surface area contributed by atoms with Crippen molar-refractivity contribution in [3.8, 4) is 6.07 Å². The Labute approximate surface area is 130 Å². The number of nitrogens with two attached hydrogens (primary N) is 1. The fraction of sp³-hybridized carbons (Fsp3) is 0.333. The van der Waals surface area contributed by atoms with Gasteiger partial charge in [0.15, 0.2) is 0 Å². The average molecular weight is 304 g/mol. The molecule has 0 aliphatic carbocycles. The van der Waals surface area contributed by atoms with Crippen LogP contribution in [-0.4, -0.2) is 16.3 Å². The van der Waals surface area contributed by atoms with E-state index in [0.717, 1.165) is 35.5 Å². The molecular weight excluding hydrogens is 286 g/mol. The van der Waals surface area contributed by atoms with Crippen molar-refractivity contribution < 1.29 is 0 Å². The van der Waals surface area contributed by atoms with Gasteiger partial charge in [-0.1, -0.05) is 6.07 Å². The predicted octanol–water partition coefficient (Wildman–Crippen LogP) is 2.00. The van der Waals surface area contributed by atoms with Gasteiger partial charge in [-0.05, 0) is 30.2 Å². The molecule has 0 spiro atoms. The van der Waals surface area contributed by atoms with Gasteiger partial charge in [0.25, 0.3) is 0 Å². The summed E-state index contributed by atoms with van der Waals surface area (Å²) < 4.78 is 1.82. The van der Waals surface area contributed by atoms with E-state index >= 15 is 0 Å². The molecule has 1 aromatic heterocycles. The van der Waals surface area contributed by atoms with Crippen molar-refractivity contribution in [3.63, 3.8) is 0 Å². The number of aryl methyl sites for hydroxylation is 1. The Morgan fingerprint density at radius 2 is 2.29 bits per heavy atom. The van der Waals surface area contributed by atoms with Gasteiger partial charge in [-0.2, -0.15) is 10.4 Å². The molecule has 2 atom stereocenters. The van der Waals surface area contributed by atoms with Crippen molar-refractivity contribution in [2.24, 2.45) is 18.7 Å². The van der Waals surface area contributed by atoms with Crippen LogP contribution in [0.15, 0.2) is 30.5 Å². The number of fused-ring (bicyclic) bond motifs is 1. The van der Waals surface area contributed by atoms with E-state index in [2.05, 4.69) is 16.5 Å². The van der Waals surface area contributed by atoms with E-state index in [1.807, 2.05) is 36.0 Å². The second-order valence-corrected chi connectivity index (χ2v) is 5.19. The number of anilines is 1. The third-order valence-corrected chi connectivity index (χ3v) is 4.03. The predicted molar refractivity (Wildman–Crippen MR) is 84.2 cm³/mol. The number of nitriles is 1. The Balaban J connectivity index is 0.00000161. The molecule has 21 heavy (non-hydrogen) atoms.